The summed E-state index contributed by atoms with van der Waals surface area (Å²) in [5.41, 5.74) is 1.08. The molecule has 1 aromatic heterocycles. The number of anilines is 1. The van der Waals surface area contributed by atoms with E-state index in [-0.39, 0.29) is 12.5 Å². The van der Waals surface area contributed by atoms with Crippen LogP contribution in [0.2, 0.25) is 5.02 Å². The van der Waals surface area contributed by atoms with Crippen LogP contribution in [-0.4, -0.2) is 48.7 Å². The normalized spacial score (nSPS) is 14.9. The molecule has 2 heterocycles. The van der Waals surface area contributed by atoms with E-state index in [1.54, 1.807) is 17.9 Å². The molecule has 0 N–H and O–H groups in total. The predicted octanol–water partition coefficient (Wildman–Crippen LogP) is 2.36. The zero-order chi connectivity index (χ0) is 16.2. The summed E-state index contributed by atoms with van der Waals surface area (Å²) in [6, 6.07) is 9.41. The summed E-state index contributed by atoms with van der Waals surface area (Å²) in [6.45, 7) is 4.61. The van der Waals surface area contributed by atoms with Gasteiger partial charge in [-0.15, -0.1) is 0 Å². The van der Waals surface area contributed by atoms with Crippen molar-refractivity contribution in [3.05, 3.63) is 41.1 Å². The molecular weight excluding hydrogens is 318 g/mol. The highest BCUT2D eigenvalue weighted by Crippen LogP contribution is 2.20. The summed E-state index contributed by atoms with van der Waals surface area (Å²) >= 11 is 6.02. The number of halogens is 1. The van der Waals surface area contributed by atoms with Gasteiger partial charge in [-0.25, -0.2) is 0 Å². The SMILES string of the molecule is Cc1cc(OCC(=O)N2CCN(c3cccc(Cl)c3)CC2)no1. The molecule has 0 aliphatic carbocycles. The summed E-state index contributed by atoms with van der Waals surface area (Å²) in [4.78, 5) is 16.2. The number of hydrogen-bond donors (Lipinski definition) is 0. The number of piperazine rings is 1. The summed E-state index contributed by atoms with van der Waals surface area (Å²) in [5.74, 6) is 0.951. The number of hydrogen-bond acceptors (Lipinski definition) is 5. The van der Waals surface area contributed by atoms with E-state index in [1.807, 2.05) is 24.3 Å². The Morgan fingerprint density at radius 1 is 1.30 bits per heavy atom. The lowest BCUT2D eigenvalue weighted by molar-refractivity contribution is -0.133. The molecule has 1 aliphatic rings. The number of ether oxygens (including phenoxy) is 1. The molecule has 1 fully saturated rings. The van der Waals surface area contributed by atoms with E-state index in [1.165, 1.54) is 0 Å². The number of aryl methyl sites for hydroxylation is 1. The van der Waals surface area contributed by atoms with Crippen LogP contribution in [0.3, 0.4) is 0 Å². The second kappa shape index (κ2) is 6.91. The van der Waals surface area contributed by atoms with Crippen LogP contribution in [0.15, 0.2) is 34.9 Å². The molecule has 0 spiro atoms. The number of rotatable bonds is 4. The molecule has 3 rings (SSSR count). The highest BCUT2D eigenvalue weighted by molar-refractivity contribution is 6.30. The minimum Gasteiger partial charge on any atom is -0.465 e. The number of carbonyl (C=O) groups excluding carboxylic acids is 1. The van der Waals surface area contributed by atoms with E-state index in [0.717, 1.165) is 23.8 Å². The monoisotopic (exact) mass is 335 g/mol. The molecule has 23 heavy (non-hydrogen) atoms. The smallest absolute Gasteiger partial charge is 0.260 e. The molecule has 0 bridgehead atoms. The van der Waals surface area contributed by atoms with Gasteiger partial charge in [-0.2, -0.15) is 0 Å². The van der Waals surface area contributed by atoms with Gasteiger partial charge in [0.1, 0.15) is 5.76 Å². The van der Waals surface area contributed by atoms with E-state index >= 15 is 0 Å². The molecule has 0 atom stereocenters. The first-order valence-electron chi connectivity index (χ1n) is 7.46. The molecule has 1 amide bonds. The lowest BCUT2D eigenvalue weighted by atomic mass is 10.2. The average molecular weight is 336 g/mol. The molecular formula is C16H18ClN3O3. The van der Waals surface area contributed by atoms with Crippen molar-refractivity contribution in [1.29, 1.82) is 0 Å². The zero-order valence-corrected chi connectivity index (χ0v) is 13.6. The quantitative estimate of drug-likeness (QED) is 0.858. The molecule has 6 nitrogen and oxygen atoms in total. The van der Waals surface area contributed by atoms with Crippen molar-refractivity contribution < 1.29 is 14.1 Å². The van der Waals surface area contributed by atoms with Crippen LogP contribution in [0.25, 0.3) is 0 Å². The maximum absolute atomic E-state index is 12.2. The van der Waals surface area contributed by atoms with Crippen molar-refractivity contribution in [2.24, 2.45) is 0 Å². The fourth-order valence-corrected chi connectivity index (χ4v) is 2.71. The number of amides is 1. The lowest BCUT2D eigenvalue weighted by Gasteiger charge is -2.36. The first kappa shape index (κ1) is 15.7. The van der Waals surface area contributed by atoms with Gasteiger partial charge >= 0.3 is 0 Å². The van der Waals surface area contributed by atoms with Crippen LogP contribution in [0.4, 0.5) is 5.69 Å². The first-order chi connectivity index (χ1) is 11.1. The van der Waals surface area contributed by atoms with Gasteiger partial charge in [0.05, 0.1) is 0 Å². The van der Waals surface area contributed by atoms with Crippen molar-refractivity contribution >= 4 is 23.2 Å². The Morgan fingerprint density at radius 2 is 2.09 bits per heavy atom. The number of nitrogens with zero attached hydrogens (tertiary/aromatic N) is 3. The minimum atomic E-state index is -0.0450. The van der Waals surface area contributed by atoms with Crippen molar-refractivity contribution in [2.75, 3.05) is 37.7 Å². The average Bonchev–Trinajstić information content (AvgIpc) is 2.98. The van der Waals surface area contributed by atoms with Gasteiger partial charge in [-0.3, -0.25) is 4.79 Å². The van der Waals surface area contributed by atoms with E-state index in [2.05, 4.69) is 10.1 Å². The summed E-state index contributed by atoms with van der Waals surface area (Å²) in [7, 11) is 0. The molecule has 7 heteroatoms. The number of aromatic nitrogens is 1. The highest BCUT2D eigenvalue weighted by atomic mass is 35.5. The van der Waals surface area contributed by atoms with Gasteiger partial charge < -0.3 is 19.1 Å². The molecule has 0 unspecified atom stereocenters. The predicted molar refractivity (Wildman–Crippen MR) is 87.0 cm³/mol. The summed E-state index contributed by atoms with van der Waals surface area (Å²) in [5, 5.41) is 4.42. The third-order valence-corrected chi connectivity index (χ3v) is 3.99. The van der Waals surface area contributed by atoms with E-state index in [9.17, 15) is 4.79 Å². The van der Waals surface area contributed by atoms with Crippen LogP contribution in [0, 0.1) is 6.92 Å². The van der Waals surface area contributed by atoms with E-state index < -0.39 is 0 Å². The molecule has 0 radical (unpaired) electrons. The molecule has 1 saturated heterocycles. The molecule has 2 aromatic rings. The summed E-state index contributed by atoms with van der Waals surface area (Å²) in [6.07, 6.45) is 0. The van der Waals surface area contributed by atoms with Crippen LogP contribution in [0.5, 0.6) is 5.88 Å². The third-order valence-electron chi connectivity index (χ3n) is 3.76. The Bertz CT molecular complexity index is 681. The molecule has 1 aromatic carbocycles. The van der Waals surface area contributed by atoms with Crippen molar-refractivity contribution in [2.45, 2.75) is 6.92 Å². The Hall–Kier alpha value is -2.21. The first-order valence-corrected chi connectivity index (χ1v) is 7.84. The third kappa shape index (κ3) is 3.96. The minimum absolute atomic E-state index is 0.0247. The van der Waals surface area contributed by atoms with Crippen LogP contribution in [-0.2, 0) is 4.79 Å². The molecule has 122 valence electrons. The Morgan fingerprint density at radius 3 is 2.74 bits per heavy atom. The Kier molecular flexibility index (Phi) is 4.71. The van der Waals surface area contributed by atoms with Gasteiger partial charge in [0.15, 0.2) is 6.61 Å². The van der Waals surface area contributed by atoms with Crippen LogP contribution >= 0.6 is 11.6 Å². The number of benzene rings is 1. The Labute approximate surface area is 139 Å². The highest BCUT2D eigenvalue weighted by Gasteiger charge is 2.22. The molecule has 1 aliphatic heterocycles. The van der Waals surface area contributed by atoms with Crippen LogP contribution < -0.4 is 9.64 Å². The number of carbonyl (C=O) groups is 1. The summed E-state index contributed by atoms with van der Waals surface area (Å²) < 4.78 is 10.2. The lowest BCUT2D eigenvalue weighted by Crippen LogP contribution is -2.50. The zero-order valence-electron chi connectivity index (χ0n) is 12.9. The fraction of sp³-hybridized carbons (Fsp3) is 0.375. The van der Waals surface area contributed by atoms with Gasteiger partial charge in [0.25, 0.3) is 11.8 Å². The van der Waals surface area contributed by atoms with Crippen molar-refractivity contribution in [1.82, 2.24) is 10.1 Å². The second-order valence-corrected chi connectivity index (χ2v) is 5.85. The topological polar surface area (TPSA) is 58.8 Å². The molecule has 0 saturated carbocycles. The van der Waals surface area contributed by atoms with Gasteiger partial charge in [0, 0.05) is 43.0 Å². The van der Waals surface area contributed by atoms with Crippen LogP contribution in [0.1, 0.15) is 5.76 Å². The second-order valence-electron chi connectivity index (χ2n) is 5.41. The largest absolute Gasteiger partial charge is 0.465 e. The van der Waals surface area contributed by atoms with Gasteiger partial charge in [0.2, 0.25) is 0 Å². The standard InChI is InChI=1S/C16H18ClN3O3/c1-12-9-15(18-23-12)22-11-16(21)20-7-5-19(6-8-20)14-4-2-3-13(17)10-14/h2-4,9-10H,5-8,11H2,1H3. The maximum Gasteiger partial charge on any atom is 0.260 e. The fourth-order valence-electron chi connectivity index (χ4n) is 2.53. The van der Waals surface area contributed by atoms with Crippen molar-refractivity contribution in [3.63, 3.8) is 0 Å². The van der Waals surface area contributed by atoms with E-state index in [0.29, 0.717) is 24.7 Å². The Balaban J connectivity index is 1.49. The van der Waals surface area contributed by atoms with Gasteiger partial charge in [-0.05, 0) is 30.3 Å². The van der Waals surface area contributed by atoms with Gasteiger partial charge in [-0.1, -0.05) is 17.7 Å². The maximum atomic E-state index is 12.2. The van der Waals surface area contributed by atoms with Crippen molar-refractivity contribution in [3.8, 4) is 5.88 Å². The van der Waals surface area contributed by atoms with E-state index in [4.69, 9.17) is 20.9 Å².